The third-order valence-corrected chi connectivity index (χ3v) is 2.63. The Bertz CT molecular complexity index is 593. The molecule has 0 aliphatic rings. The van der Waals surface area contributed by atoms with Crippen molar-refractivity contribution in [2.75, 3.05) is 20.3 Å². The number of fused-ring (bicyclic) bond motifs is 1. The minimum absolute atomic E-state index is 0.146. The first kappa shape index (κ1) is 13.2. The first-order chi connectivity index (χ1) is 9.29. The Morgan fingerprint density at radius 1 is 1.32 bits per heavy atom. The van der Waals surface area contributed by atoms with Crippen molar-refractivity contribution < 1.29 is 9.53 Å². The number of benzene rings is 1. The molecule has 1 amide bonds. The van der Waals surface area contributed by atoms with E-state index < -0.39 is 0 Å². The maximum atomic E-state index is 11.5. The second-order valence-corrected chi connectivity index (χ2v) is 4.05. The molecule has 1 heterocycles. The topological polar surface area (TPSA) is 51.2 Å². The molecule has 19 heavy (non-hydrogen) atoms. The van der Waals surface area contributed by atoms with Gasteiger partial charge in [-0.25, -0.2) is 4.98 Å². The van der Waals surface area contributed by atoms with Crippen LogP contribution in [0.2, 0.25) is 0 Å². The van der Waals surface area contributed by atoms with Crippen LogP contribution in [0.3, 0.4) is 0 Å². The number of hydrogen-bond donors (Lipinski definition) is 1. The summed E-state index contributed by atoms with van der Waals surface area (Å²) in [6, 6.07) is 11.8. The molecule has 0 aliphatic heterocycles. The van der Waals surface area contributed by atoms with E-state index in [1.165, 1.54) is 6.08 Å². The zero-order valence-corrected chi connectivity index (χ0v) is 10.8. The summed E-state index contributed by atoms with van der Waals surface area (Å²) in [4.78, 5) is 15.9. The molecule has 1 aromatic carbocycles. The van der Waals surface area contributed by atoms with Crippen LogP contribution in [-0.4, -0.2) is 31.2 Å². The summed E-state index contributed by atoms with van der Waals surface area (Å²) in [6.07, 6.45) is 3.18. The summed E-state index contributed by atoms with van der Waals surface area (Å²) in [5, 5.41) is 3.80. The highest BCUT2D eigenvalue weighted by atomic mass is 16.5. The van der Waals surface area contributed by atoms with Gasteiger partial charge in [-0.15, -0.1) is 0 Å². The van der Waals surface area contributed by atoms with Gasteiger partial charge in [-0.3, -0.25) is 4.79 Å². The SMILES string of the molecule is COCCNC(=O)/C=C/c1ccc2ccccc2n1. The van der Waals surface area contributed by atoms with Crippen molar-refractivity contribution in [3.05, 3.63) is 48.2 Å². The van der Waals surface area contributed by atoms with E-state index in [-0.39, 0.29) is 5.91 Å². The first-order valence-electron chi connectivity index (χ1n) is 6.10. The maximum absolute atomic E-state index is 11.5. The van der Waals surface area contributed by atoms with Gasteiger partial charge in [-0.05, 0) is 18.2 Å². The lowest BCUT2D eigenvalue weighted by molar-refractivity contribution is -0.116. The Labute approximate surface area is 112 Å². The van der Waals surface area contributed by atoms with E-state index in [1.807, 2.05) is 36.4 Å². The Kier molecular flexibility index (Phi) is 4.64. The van der Waals surface area contributed by atoms with Crippen molar-refractivity contribution in [3.8, 4) is 0 Å². The van der Waals surface area contributed by atoms with E-state index in [0.717, 1.165) is 16.6 Å². The number of para-hydroxylation sites is 1. The zero-order valence-electron chi connectivity index (χ0n) is 10.8. The molecule has 98 valence electrons. The number of rotatable bonds is 5. The zero-order chi connectivity index (χ0) is 13.5. The Balaban J connectivity index is 2.02. The Morgan fingerprint density at radius 2 is 2.16 bits per heavy atom. The highest BCUT2D eigenvalue weighted by molar-refractivity contribution is 5.91. The second-order valence-electron chi connectivity index (χ2n) is 4.05. The van der Waals surface area contributed by atoms with Crippen molar-refractivity contribution in [1.82, 2.24) is 10.3 Å². The van der Waals surface area contributed by atoms with Gasteiger partial charge >= 0.3 is 0 Å². The van der Waals surface area contributed by atoms with Crippen molar-refractivity contribution in [3.63, 3.8) is 0 Å². The molecule has 0 bridgehead atoms. The summed E-state index contributed by atoms with van der Waals surface area (Å²) >= 11 is 0. The standard InChI is InChI=1S/C15H16N2O2/c1-19-11-10-16-15(18)9-8-13-7-6-12-4-2-3-5-14(12)17-13/h2-9H,10-11H2,1H3,(H,16,18)/b9-8+. The maximum Gasteiger partial charge on any atom is 0.244 e. The summed E-state index contributed by atoms with van der Waals surface area (Å²) in [6.45, 7) is 1.01. The predicted molar refractivity (Wildman–Crippen MR) is 75.7 cm³/mol. The summed E-state index contributed by atoms with van der Waals surface area (Å²) < 4.78 is 4.85. The first-order valence-corrected chi connectivity index (χ1v) is 6.10. The number of aromatic nitrogens is 1. The van der Waals surface area contributed by atoms with E-state index in [2.05, 4.69) is 10.3 Å². The third-order valence-electron chi connectivity index (χ3n) is 2.63. The molecule has 0 saturated carbocycles. The molecule has 0 aliphatic carbocycles. The van der Waals surface area contributed by atoms with Crippen LogP contribution >= 0.6 is 0 Å². The lowest BCUT2D eigenvalue weighted by atomic mass is 10.2. The third kappa shape index (κ3) is 3.89. The largest absolute Gasteiger partial charge is 0.383 e. The fraction of sp³-hybridized carbons (Fsp3) is 0.200. The van der Waals surface area contributed by atoms with Crippen LogP contribution in [0, 0.1) is 0 Å². The molecular formula is C15H16N2O2. The molecule has 0 saturated heterocycles. The van der Waals surface area contributed by atoms with Crippen molar-refractivity contribution >= 4 is 22.9 Å². The molecule has 1 aromatic heterocycles. The van der Waals surface area contributed by atoms with E-state index in [9.17, 15) is 4.79 Å². The number of methoxy groups -OCH3 is 1. The number of pyridine rings is 1. The van der Waals surface area contributed by atoms with Gasteiger partial charge in [-0.1, -0.05) is 24.3 Å². The minimum Gasteiger partial charge on any atom is -0.383 e. The molecule has 0 atom stereocenters. The number of carbonyl (C=O) groups is 1. The van der Waals surface area contributed by atoms with Crippen molar-refractivity contribution in [1.29, 1.82) is 0 Å². The van der Waals surface area contributed by atoms with E-state index in [4.69, 9.17) is 4.74 Å². The molecule has 0 radical (unpaired) electrons. The van der Waals surface area contributed by atoms with Gasteiger partial charge in [0.1, 0.15) is 0 Å². The van der Waals surface area contributed by atoms with E-state index in [1.54, 1.807) is 13.2 Å². The number of ether oxygens (including phenoxy) is 1. The average Bonchev–Trinajstić information content (AvgIpc) is 2.45. The van der Waals surface area contributed by atoms with Crippen LogP contribution < -0.4 is 5.32 Å². The average molecular weight is 256 g/mol. The molecule has 2 rings (SSSR count). The van der Waals surface area contributed by atoms with Crippen LogP contribution in [0.15, 0.2) is 42.5 Å². The summed E-state index contributed by atoms with van der Waals surface area (Å²) in [5.41, 5.74) is 1.69. The van der Waals surface area contributed by atoms with Crippen LogP contribution in [-0.2, 0) is 9.53 Å². The fourth-order valence-corrected chi connectivity index (χ4v) is 1.67. The quantitative estimate of drug-likeness (QED) is 0.657. The van der Waals surface area contributed by atoms with Gasteiger partial charge in [0.2, 0.25) is 5.91 Å². The molecule has 0 unspecified atom stereocenters. The number of nitrogens with one attached hydrogen (secondary N) is 1. The van der Waals surface area contributed by atoms with Crippen LogP contribution in [0.25, 0.3) is 17.0 Å². The second kappa shape index (κ2) is 6.66. The summed E-state index contributed by atoms with van der Waals surface area (Å²) in [7, 11) is 1.60. The lowest BCUT2D eigenvalue weighted by Gasteiger charge is -2.00. The molecule has 0 fully saturated rings. The smallest absolute Gasteiger partial charge is 0.244 e. The van der Waals surface area contributed by atoms with Gasteiger partial charge in [0.05, 0.1) is 17.8 Å². The number of nitrogens with zero attached hydrogens (tertiary/aromatic N) is 1. The normalized spacial score (nSPS) is 11.0. The summed E-state index contributed by atoms with van der Waals surface area (Å²) in [5.74, 6) is -0.146. The van der Waals surface area contributed by atoms with E-state index in [0.29, 0.717) is 13.2 Å². The predicted octanol–water partition coefficient (Wildman–Crippen LogP) is 2.01. The minimum atomic E-state index is -0.146. The van der Waals surface area contributed by atoms with Crippen LogP contribution in [0.4, 0.5) is 0 Å². The molecule has 2 aromatic rings. The fourth-order valence-electron chi connectivity index (χ4n) is 1.67. The van der Waals surface area contributed by atoms with E-state index >= 15 is 0 Å². The van der Waals surface area contributed by atoms with Gasteiger partial charge in [0, 0.05) is 25.1 Å². The van der Waals surface area contributed by atoms with Crippen molar-refractivity contribution in [2.45, 2.75) is 0 Å². The number of hydrogen-bond acceptors (Lipinski definition) is 3. The molecule has 4 nitrogen and oxygen atoms in total. The molecule has 1 N–H and O–H groups in total. The highest BCUT2D eigenvalue weighted by Gasteiger charge is 1.97. The van der Waals surface area contributed by atoms with Gasteiger partial charge in [0.15, 0.2) is 0 Å². The van der Waals surface area contributed by atoms with Crippen LogP contribution in [0.1, 0.15) is 5.69 Å². The van der Waals surface area contributed by atoms with Gasteiger partial charge < -0.3 is 10.1 Å². The van der Waals surface area contributed by atoms with Crippen LogP contribution in [0.5, 0.6) is 0 Å². The highest BCUT2D eigenvalue weighted by Crippen LogP contribution is 2.12. The monoisotopic (exact) mass is 256 g/mol. The molecule has 0 spiro atoms. The molecular weight excluding hydrogens is 240 g/mol. The van der Waals surface area contributed by atoms with Gasteiger partial charge in [0.25, 0.3) is 0 Å². The number of amides is 1. The lowest BCUT2D eigenvalue weighted by Crippen LogP contribution is -2.24. The Hall–Kier alpha value is -2.20. The molecule has 4 heteroatoms. The number of carbonyl (C=O) groups excluding carboxylic acids is 1. The van der Waals surface area contributed by atoms with Gasteiger partial charge in [-0.2, -0.15) is 0 Å². The Morgan fingerprint density at radius 3 is 3.00 bits per heavy atom. The van der Waals surface area contributed by atoms with Crippen molar-refractivity contribution in [2.24, 2.45) is 0 Å².